The third-order valence-electron chi connectivity index (χ3n) is 3.83. The molecular weight excluding hydrogens is 418 g/mol. The van der Waals surface area contributed by atoms with Crippen molar-refractivity contribution < 1.29 is 17.6 Å². The molecule has 2 aromatic heterocycles. The Morgan fingerprint density at radius 3 is 2.82 bits per heavy atom. The summed E-state index contributed by atoms with van der Waals surface area (Å²) >= 11 is 6.17. The Kier molecular flexibility index (Phi) is 4.69. The lowest BCUT2D eigenvalue weighted by atomic mass is 10.1. The standard InChI is InChI=1S/C18H13N3O4S3/c1-28(23,24)21-12-4-2-3-10(5-12)14-9-19-8-11-6-13(25-16(11)14)7-15-17(22)20-18(26)27-15/h2-9,21H,1H3,(H,20,22,26)/b15-7+. The maximum atomic E-state index is 11.8. The molecule has 0 unspecified atom stereocenters. The number of thioether (sulfide) groups is 1. The van der Waals surface area contributed by atoms with Gasteiger partial charge in [-0.1, -0.05) is 36.1 Å². The number of thiocarbonyl (C=S) groups is 1. The summed E-state index contributed by atoms with van der Waals surface area (Å²) in [5, 5.41) is 3.32. The number of furan rings is 1. The summed E-state index contributed by atoms with van der Waals surface area (Å²) in [6, 6.07) is 8.73. The highest BCUT2D eigenvalue weighted by molar-refractivity contribution is 8.26. The summed E-state index contributed by atoms with van der Waals surface area (Å²) in [5.41, 5.74) is 2.48. The molecule has 0 aliphatic carbocycles. The summed E-state index contributed by atoms with van der Waals surface area (Å²) in [6.45, 7) is 0. The maximum Gasteiger partial charge on any atom is 0.263 e. The largest absolute Gasteiger partial charge is 0.456 e. The fourth-order valence-electron chi connectivity index (χ4n) is 2.77. The van der Waals surface area contributed by atoms with Crippen molar-refractivity contribution in [3.05, 3.63) is 53.4 Å². The number of amides is 1. The van der Waals surface area contributed by atoms with Gasteiger partial charge in [-0.2, -0.15) is 0 Å². The predicted molar refractivity (Wildman–Crippen MR) is 114 cm³/mol. The van der Waals surface area contributed by atoms with Gasteiger partial charge in [-0.05, 0) is 23.8 Å². The van der Waals surface area contributed by atoms with E-state index in [1.165, 1.54) is 11.8 Å². The van der Waals surface area contributed by atoms with E-state index in [4.69, 9.17) is 16.6 Å². The Morgan fingerprint density at radius 2 is 2.11 bits per heavy atom. The highest BCUT2D eigenvalue weighted by Crippen LogP contribution is 2.33. The van der Waals surface area contributed by atoms with Crippen LogP contribution >= 0.6 is 24.0 Å². The van der Waals surface area contributed by atoms with E-state index in [-0.39, 0.29) is 5.91 Å². The third-order valence-corrected chi connectivity index (χ3v) is 5.60. The Labute approximate surface area is 170 Å². The van der Waals surface area contributed by atoms with E-state index in [9.17, 15) is 13.2 Å². The van der Waals surface area contributed by atoms with Gasteiger partial charge in [-0.25, -0.2) is 8.42 Å². The smallest absolute Gasteiger partial charge is 0.263 e. The second kappa shape index (κ2) is 7.04. The molecule has 3 aromatic rings. The molecule has 2 N–H and O–H groups in total. The normalized spacial score (nSPS) is 16.0. The molecular formula is C18H13N3O4S3. The summed E-state index contributed by atoms with van der Waals surface area (Å²) < 4.78 is 31.8. The molecule has 0 bridgehead atoms. The van der Waals surface area contributed by atoms with Crippen LogP contribution in [0.25, 0.3) is 28.2 Å². The molecule has 1 aliphatic rings. The van der Waals surface area contributed by atoms with E-state index in [0.717, 1.165) is 17.2 Å². The van der Waals surface area contributed by atoms with Crippen LogP contribution in [-0.2, 0) is 14.8 Å². The van der Waals surface area contributed by atoms with Gasteiger partial charge in [0.1, 0.15) is 15.7 Å². The van der Waals surface area contributed by atoms with E-state index in [2.05, 4.69) is 15.0 Å². The van der Waals surface area contributed by atoms with Crippen LogP contribution in [-0.4, -0.2) is 29.9 Å². The number of hydrogen-bond donors (Lipinski definition) is 2. The van der Waals surface area contributed by atoms with Crippen molar-refractivity contribution in [1.29, 1.82) is 0 Å². The summed E-state index contributed by atoms with van der Waals surface area (Å²) in [5.74, 6) is 0.241. The van der Waals surface area contributed by atoms with Gasteiger partial charge in [-0.15, -0.1) is 0 Å². The zero-order chi connectivity index (χ0) is 19.9. The maximum absolute atomic E-state index is 11.8. The number of pyridine rings is 1. The fourth-order valence-corrected chi connectivity index (χ4v) is 4.35. The summed E-state index contributed by atoms with van der Waals surface area (Å²) in [7, 11) is -3.39. The minimum absolute atomic E-state index is 0.256. The number of aromatic nitrogens is 1. The van der Waals surface area contributed by atoms with Crippen LogP contribution in [0.4, 0.5) is 5.69 Å². The van der Waals surface area contributed by atoms with Crippen molar-refractivity contribution in [3.8, 4) is 11.1 Å². The summed E-state index contributed by atoms with van der Waals surface area (Å²) in [4.78, 5) is 16.5. The van der Waals surface area contributed by atoms with Gasteiger partial charge in [0.15, 0.2) is 0 Å². The fraction of sp³-hybridized carbons (Fsp3) is 0.0556. The first-order chi connectivity index (χ1) is 13.3. The van der Waals surface area contributed by atoms with Crippen LogP contribution in [0.1, 0.15) is 5.76 Å². The predicted octanol–water partition coefficient (Wildman–Crippen LogP) is 3.36. The second-order valence-electron chi connectivity index (χ2n) is 6.06. The van der Waals surface area contributed by atoms with Gasteiger partial charge in [0.2, 0.25) is 10.0 Å². The van der Waals surface area contributed by atoms with E-state index in [1.54, 1.807) is 42.7 Å². The number of anilines is 1. The zero-order valence-electron chi connectivity index (χ0n) is 14.4. The van der Waals surface area contributed by atoms with Gasteiger partial charge in [0.25, 0.3) is 5.91 Å². The summed E-state index contributed by atoms with van der Waals surface area (Å²) in [6.07, 6.45) is 6.03. The number of carbonyl (C=O) groups excluding carboxylic acids is 1. The topological polar surface area (TPSA) is 101 Å². The van der Waals surface area contributed by atoms with Crippen molar-refractivity contribution in [3.63, 3.8) is 0 Å². The molecule has 0 atom stereocenters. The van der Waals surface area contributed by atoms with Crippen molar-refractivity contribution >= 4 is 67.0 Å². The monoisotopic (exact) mass is 431 g/mol. The number of benzene rings is 1. The van der Waals surface area contributed by atoms with Crippen molar-refractivity contribution in [2.24, 2.45) is 0 Å². The molecule has 0 spiro atoms. The highest BCUT2D eigenvalue weighted by Gasteiger charge is 2.23. The number of carbonyl (C=O) groups is 1. The average molecular weight is 432 g/mol. The number of hydrogen-bond acceptors (Lipinski definition) is 7. The van der Waals surface area contributed by atoms with Crippen LogP contribution < -0.4 is 10.0 Å². The van der Waals surface area contributed by atoms with Crippen LogP contribution in [0.3, 0.4) is 0 Å². The van der Waals surface area contributed by atoms with Gasteiger partial charge in [-0.3, -0.25) is 14.5 Å². The highest BCUT2D eigenvalue weighted by atomic mass is 32.2. The number of nitrogens with one attached hydrogen (secondary N) is 2. The van der Waals surface area contributed by atoms with Crippen LogP contribution in [0.2, 0.25) is 0 Å². The van der Waals surface area contributed by atoms with E-state index >= 15 is 0 Å². The quantitative estimate of drug-likeness (QED) is 0.482. The molecule has 142 valence electrons. The first kappa shape index (κ1) is 18.7. The van der Waals surface area contributed by atoms with Gasteiger partial charge in [0.05, 0.1) is 11.2 Å². The lowest BCUT2D eigenvalue weighted by molar-refractivity contribution is -0.115. The van der Waals surface area contributed by atoms with Gasteiger partial charge >= 0.3 is 0 Å². The number of nitrogens with zero attached hydrogens (tertiary/aromatic N) is 1. The zero-order valence-corrected chi connectivity index (χ0v) is 16.9. The Bertz CT molecular complexity index is 1260. The molecule has 1 saturated heterocycles. The van der Waals surface area contributed by atoms with Gasteiger partial charge in [0, 0.05) is 35.1 Å². The molecule has 7 nitrogen and oxygen atoms in total. The minimum atomic E-state index is -3.39. The van der Waals surface area contributed by atoms with Crippen molar-refractivity contribution in [2.45, 2.75) is 0 Å². The van der Waals surface area contributed by atoms with Crippen LogP contribution in [0.5, 0.6) is 0 Å². The van der Waals surface area contributed by atoms with E-state index < -0.39 is 10.0 Å². The molecule has 1 aromatic carbocycles. The SMILES string of the molecule is CS(=O)(=O)Nc1cccc(-c2cncc3cc(/C=C4/SC(=S)NC4=O)oc23)c1. The first-order valence-electron chi connectivity index (χ1n) is 7.99. The number of sulfonamides is 1. The minimum Gasteiger partial charge on any atom is -0.456 e. The molecule has 1 amide bonds. The molecule has 0 radical (unpaired) electrons. The Hall–Kier alpha value is -2.69. The number of fused-ring (bicyclic) bond motifs is 1. The molecule has 28 heavy (non-hydrogen) atoms. The molecule has 10 heteroatoms. The first-order valence-corrected chi connectivity index (χ1v) is 11.1. The Morgan fingerprint density at radius 1 is 1.29 bits per heavy atom. The third kappa shape index (κ3) is 3.93. The van der Waals surface area contributed by atoms with Crippen LogP contribution in [0.15, 0.2) is 52.0 Å². The molecule has 4 rings (SSSR count). The molecule has 3 heterocycles. The van der Waals surface area contributed by atoms with Crippen molar-refractivity contribution in [2.75, 3.05) is 11.0 Å². The molecule has 0 saturated carbocycles. The van der Waals surface area contributed by atoms with Gasteiger partial charge < -0.3 is 9.73 Å². The lowest BCUT2D eigenvalue weighted by Crippen LogP contribution is -2.17. The van der Waals surface area contributed by atoms with E-state index in [1.807, 2.05) is 6.07 Å². The average Bonchev–Trinajstić information content (AvgIpc) is 3.15. The van der Waals surface area contributed by atoms with Crippen molar-refractivity contribution in [1.82, 2.24) is 10.3 Å². The number of rotatable bonds is 4. The van der Waals surface area contributed by atoms with Crippen LogP contribution in [0, 0.1) is 0 Å². The van der Waals surface area contributed by atoms with E-state index in [0.29, 0.717) is 31.8 Å². The lowest BCUT2D eigenvalue weighted by Gasteiger charge is -2.07. The second-order valence-corrected chi connectivity index (χ2v) is 9.53. The molecule has 1 aliphatic heterocycles. The Balaban J connectivity index is 1.76. The molecule has 1 fully saturated rings.